The lowest BCUT2D eigenvalue weighted by molar-refractivity contribution is -0.153. The van der Waals surface area contributed by atoms with Gasteiger partial charge >= 0.3 is 6.03 Å². The highest BCUT2D eigenvalue weighted by Crippen LogP contribution is 2.30. The highest BCUT2D eigenvalue weighted by atomic mass is 16.5. The number of rotatable bonds is 8. The van der Waals surface area contributed by atoms with E-state index in [2.05, 4.69) is 20.7 Å². The van der Waals surface area contributed by atoms with Gasteiger partial charge in [-0.3, -0.25) is 20.2 Å². The van der Waals surface area contributed by atoms with Crippen molar-refractivity contribution in [3.63, 3.8) is 0 Å². The summed E-state index contributed by atoms with van der Waals surface area (Å²) in [6, 6.07) is 14.5. The molecule has 4 amide bonds. The van der Waals surface area contributed by atoms with Crippen LogP contribution in [0.5, 0.6) is 17.2 Å². The maximum absolute atomic E-state index is 12.6. The molecule has 2 aromatic carbocycles. The van der Waals surface area contributed by atoms with Gasteiger partial charge in [-0.25, -0.2) is 14.5 Å². The lowest BCUT2D eigenvalue weighted by Gasteiger charge is -2.34. The monoisotopic (exact) mass is 502 g/mol. The Balaban J connectivity index is 1.32. The second-order valence-electron chi connectivity index (χ2n) is 8.21. The number of imide groups is 2. The number of benzene rings is 2. The molecule has 37 heavy (non-hydrogen) atoms. The third-order valence-corrected chi connectivity index (χ3v) is 5.72. The maximum Gasteiger partial charge on any atom is 0.328 e. The molecule has 1 fully saturated rings. The number of anilines is 1. The summed E-state index contributed by atoms with van der Waals surface area (Å²) < 4.78 is 18.5. The molecular weight excluding hydrogens is 480 g/mol. The molecule has 1 saturated heterocycles. The summed E-state index contributed by atoms with van der Waals surface area (Å²) in [5, 5.41) is 9.39. The SMILES string of the molecule is COCCC1(Oc2ccc(Oc3ccc4c(cnn4-c4ccc(N)cn4)c3)cc2)C(=O)NC(=O)NC1=O. The standard InChI is InChI=1S/C25H22N6O6/c1-35-11-10-25(22(32)29-24(34)30-23(25)33)37-18-5-3-17(4-6-18)36-19-7-8-20-15(12-19)13-28-31(20)21-9-2-16(26)14-27-21/h2-9,12-14H,10-11,26H2,1H3,(H2,29,30,32,33,34). The number of hydrogen-bond acceptors (Lipinski definition) is 9. The zero-order chi connectivity index (χ0) is 26.0. The number of nitrogens with zero attached hydrogens (tertiary/aromatic N) is 3. The number of carbonyl (C=O) groups excluding carboxylic acids is 3. The first kappa shape index (κ1) is 23.8. The van der Waals surface area contributed by atoms with Gasteiger partial charge in [-0.2, -0.15) is 5.10 Å². The number of nitrogens with one attached hydrogen (secondary N) is 2. The Labute approximate surface area is 210 Å². The molecule has 1 aliphatic rings. The summed E-state index contributed by atoms with van der Waals surface area (Å²) in [7, 11) is 1.43. The molecule has 0 saturated carbocycles. The topological polar surface area (TPSA) is 160 Å². The van der Waals surface area contributed by atoms with Crippen LogP contribution in [0.4, 0.5) is 10.5 Å². The zero-order valence-electron chi connectivity index (χ0n) is 19.6. The minimum atomic E-state index is -1.95. The number of urea groups is 1. The molecule has 0 unspecified atom stereocenters. The number of nitrogen functional groups attached to an aromatic ring is 1. The third-order valence-electron chi connectivity index (χ3n) is 5.72. The van der Waals surface area contributed by atoms with E-state index in [1.54, 1.807) is 59.5 Å². The summed E-state index contributed by atoms with van der Waals surface area (Å²) in [5.41, 5.74) is 5.18. The van der Waals surface area contributed by atoms with Crippen LogP contribution in [0.25, 0.3) is 16.7 Å². The number of nitrogens with two attached hydrogens (primary N) is 1. The van der Waals surface area contributed by atoms with Gasteiger partial charge in [0.05, 0.1) is 30.2 Å². The van der Waals surface area contributed by atoms with E-state index in [1.165, 1.54) is 7.11 Å². The number of pyridine rings is 1. The zero-order valence-corrected chi connectivity index (χ0v) is 19.6. The minimum Gasteiger partial charge on any atom is -0.467 e. The van der Waals surface area contributed by atoms with E-state index in [-0.39, 0.29) is 18.8 Å². The number of barbiturate groups is 1. The number of amides is 4. The van der Waals surface area contributed by atoms with Crippen LogP contribution in [0.15, 0.2) is 67.0 Å². The molecule has 5 rings (SSSR count). The number of carbonyl (C=O) groups is 3. The van der Waals surface area contributed by atoms with Crippen molar-refractivity contribution in [2.24, 2.45) is 0 Å². The largest absolute Gasteiger partial charge is 0.467 e. The molecule has 12 heteroatoms. The third kappa shape index (κ3) is 4.65. The summed E-state index contributed by atoms with van der Waals surface area (Å²) in [5.74, 6) is 0.227. The van der Waals surface area contributed by atoms with Crippen LogP contribution in [0.3, 0.4) is 0 Å². The lowest BCUT2D eigenvalue weighted by atomic mass is 9.95. The van der Waals surface area contributed by atoms with Crippen molar-refractivity contribution in [1.29, 1.82) is 0 Å². The Morgan fingerprint density at radius 2 is 1.62 bits per heavy atom. The highest BCUT2D eigenvalue weighted by molar-refractivity contribution is 6.21. The number of methoxy groups -OCH3 is 1. The molecule has 3 heterocycles. The summed E-state index contributed by atoms with van der Waals surface area (Å²) in [6.07, 6.45) is 3.19. The Bertz CT molecular complexity index is 1460. The van der Waals surface area contributed by atoms with Crippen LogP contribution in [0.2, 0.25) is 0 Å². The Kier molecular flexibility index (Phi) is 6.15. The predicted octanol–water partition coefficient (Wildman–Crippen LogP) is 2.32. The number of fused-ring (bicyclic) bond motifs is 1. The van der Waals surface area contributed by atoms with Gasteiger partial charge in [0, 0.05) is 18.9 Å². The molecule has 0 bridgehead atoms. The molecule has 0 aliphatic carbocycles. The molecule has 2 aromatic heterocycles. The van der Waals surface area contributed by atoms with Gasteiger partial charge in [0.2, 0.25) is 0 Å². The Morgan fingerprint density at radius 1 is 0.919 bits per heavy atom. The lowest BCUT2D eigenvalue weighted by Crippen LogP contribution is -2.69. The molecule has 12 nitrogen and oxygen atoms in total. The van der Waals surface area contributed by atoms with Crippen molar-refractivity contribution >= 4 is 34.4 Å². The van der Waals surface area contributed by atoms with E-state index in [0.717, 1.165) is 10.9 Å². The van der Waals surface area contributed by atoms with Crippen LogP contribution in [-0.2, 0) is 14.3 Å². The van der Waals surface area contributed by atoms with Crippen molar-refractivity contribution in [1.82, 2.24) is 25.4 Å². The van der Waals surface area contributed by atoms with Crippen molar-refractivity contribution in [2.45, 2.75) is 12.0 Å². The summed E-state index contributed by atoms with van der Waals surface area (Å²) >= 11 is 0. The van der Waals surface area contributed by atoms with Gasteiger partial charge in [0.1, 0.15) is 17.2 Å². The maximum atomic E-state index is 12.6. The minimum absolute atomic E-state index is 0.0592. The molecule has 4 N–H and O–H groups in total. The van der Waals surface area contributed by atoms with Crippen LogP contribution in [-0.4, -0.2) is 51.9 Å². The number of aromatic nitrogens is 3. The van der Waals surface area contributed by atoms with Crippen molar-refractivity contribution < 1.29 is 28.6 Å². The van der Waals surface area contributed by atoms with Gasteiger partial charge in [-0.15, -0.1) is 0 Å². The van der Waals surface area contributed by atoms with Crippen LogP contribution < -0.4 is 25.8 Å². The Hall–Kier alpha value is -4.97. The van der Waals surface area contributed by atoms with Gasteiger partial charge in [-0.05, 0) is 54.6 Å². The Morgan fingerprint density at radius 3 is 2.30 bits per heavy atom. The fourth-order valence-electron chi connectivity index (χ4n) is 3.85. The molecule has 188 valence electrons. The van der Waals surface area contributed by atoms with Gasteiger partial charge in [0.15, 0.2) is 5.82 Å². The smallest absolute Gasteiger partial charge is 0.328 e. The first-order valence-electron chi connectivity index (χ1n) is 11.2. The summed E-state index contributed by atoms with van der Waals surface area (Å²) in [6.45, 7) is 0.0592. The molecule has 0 radical (unpaired) electrons. The van der Waals surface area contributed by atoms with E-state index in [0.29, 0.717) is 23.0 Å². The average molecular weight is 502 g/mol. The van der Waals surface area contributed by atoms with Crippen molar-refractivity contribution in [3.05, 3.63) is 67.0 Å². The van der Waals surface area contributed by atoms with E-state index in [1.807, 2.05) is 12.1 Å². The van der Waals surface area contributed by atoms with Gasteiger partial charge < -0.3 is 19.9 Å². The van der Waals surface area contributed by atoms with Crippen molar-refractivity contribution in [3.8, 4) is 23.1 Å². The molecule has 0 atom stereocenters. The quantitative estimate of drug-likeness (QED) is 0.307. The molecule has 0 spiro atoms. The fraction of sp³-hybridized carbons (Fsp3) is 0.160. The number of ether oxygens (including phenoxy) is 3. The van der Waals surface area contributed by atoms with Crippen LogP contribution in [0.1, 0.15) is 6.42 Å². The van der Waals surface area contributed by atoms with Crippen LogP contribution >= 0.6 is 0 Å². The van der Waals surface area contributed by atoms with Crippen LogP contribution in [0, 0.1) is 0 Å². The second kappa shape index (κ2) is 9.59. The molecular formula is C25H22N6O6. The van der Waals surface area contributed by atoms with E-state index in [4.69, 9.17) is 19.9 Å². The molecule has 1 aliphatic heterocycles. The van der Waals surface area contributed by atoms with Gasteiger partial charge in [0.25, 0.3) is 17.4 Å². The normalized spacial score (nSPS) is 14.8. The fourth-order valence-corrected chi connectivity index (χ4v) is 3.85. The second-order valence-corrected chi connectivity index (χ2v) is 8.21. The highest BCUT2D eigenvalue weighted by Gasteiger charge is 2.52. The van der Waals surface area contributed by atoms with E-state index < -0.39 is 23.4 Å². The van der Waals surface area contributed by atoms with Crippen molar-refractivity contribution in [2.75, 3.05) is 19.5 Å². The van der Waals surface area contributed by atoms with E-state index >= 15 is 0 Å². The molecule has 4 aromatic rings. The predicted molar refractivity (Wildman–Crippen MR) is 131 cm³/mol. The van der Waals surface area contributed by atoms with Gasteiger partial charge in [-0.1, -0.05) is 0 Å². The summed E-state index contributed by atoms with van der Waals surface area (Å²) in [4.78, 5) is 40.9. The average Bonchev–Trinajstić information content (AvgIpc) is 3.30. The number of hydrogen-bond donors (Lipinski definition) is 3. The first-order valence-corrected chi connectivity index (χ1v) is 11.2. The first-order chi connectivity index (χ1) is 17.9. The van der Waals surface area contributed by atoms with E-state index in [9.17, 15) is 14.4 Å².